The predicted octanol–water partition coefficient (Wildman–Crippen LogP) is 2.10. The second-order valence-corrected chi connectivity index (χ2v) is 6.72. The topological polar surface area (TPSA) is 96.5 Å². The number of fused-ring (bicyclic) bond motifs is 1. The third-order valence-electron chi connectivity index (χ3n) is 3.67. The Hall–Kier alpha value is -3.07. The predicted molar refractivity (Wildman–Crippen MR) is 97.9 cm³/mol. The van der Waals surface area contributed by atoms with Crippen LogP contribution >= 0.6 is 11.8 Å². The number of ether oxygens (including phenoxy) is 1. The van der Waals surface area contributed by atoms with Crippen molar-refractivity contribution in [3.05, 3.63) is 53.8 Å². The summed E-state index contributed by atoms with van der Waals surface area (Å²) in [6, 6.07) is 10.1. The van der Waals surface area contributed by atoms with E-state index in [-0.39, 0.29) is 11.5 Å². The Kier molecular flexibility index (Phi) is 5.60. The molecule has 0 radical (unpaired) electrons. The summed E-state index contributed by atoms with van der Waals surface area (Å²) >= 11 is 1.39. The van der Waals surface area contributed by atoms with Gasteiger partial charge in [0, 0.05) is 10.5 Å². The maximum Gasteiger partial charge on any atom is 0.279 e. The van der Waals surface area contributed by atoms with Gasteiger partial charge in [0.2, 0.25) is 5.91 Å². The molecule has 0 aromatic heterocycles. The average molecular weight is 389 g/mol. The van der Waals surface area contributed by atoms with E-state index in [1.54, 1.807) is 18.2 Å². The van der Waals surface area contributed by atoms with E-state index in [1.807, 2.05) is 0 Å². The molecule has 0 spiro atoms. The molecule has 1 heterocycles. The van der Waals surface area contributed by atoms with Gasteiger partial charge in [0.05, 0.1) is 11.4 Å². The molecule has 2 aromatic rings. The highest BCUT2D eigenvalue weighted by atomic mass is 32.2. The van der Waals surface area contributed by atoms with Gasteiger partial charge in [-0.2, -0.15) is 0 Å². The van der Waals surface area contributed by atoms with Crippen LogP contribution in [0.4, 0.5) is 10.1 Å². The average Bonchev–Trinajstić information content (AvgIpc) is 2.66. The number of anilines is 1. The molecule has 0 unspecified atom stereocenters. The standard InChI is InChI=1S/C18H16FN3O4S/c1-10(26-13-5-3-12(19)4-6-13)17(24)21-22-18(25)11-2-7-15-14(8-11)20-16(23)9-27-15/h2-8,10H,9H2,1H3,(H,20,23)(H,21,24)(H,22,25)/t10-/m1/s1. The van der Waals surface area contributed by atoms with Crippen molar-refractivity contribution in [2.75, 3.05) is 11.1 Å². The molecule has 140 valence electrons. The lowest BCUT2D eigenvalue weighted by Crippen LogP contribution is -2.47. The van der Waals surface area contributed by atoms with Gasteiger partial charge in [-0.05, 0) is 49.4 Å². The smallest absolute Gasteiger partial charge is 0.279 e. The van der Waals surface area contributed by atoms with E-state index < -0.39 is 23.7 Å². The molecular formula is C18H16FN3O4S. The first-order valence-electron chi connectivity index (χ1n) is 8.01. The first-order chi connectivity index (χ1) is 12.9. The van der Waals surface area contributed by atoms with E-state index in [2.05, 4.69) is 16.2 Å². The highest BCUT2D eigenvalue weighted by Gasteiger charge is 2.19. The van der Waals surface area contributed by atoms with Gasteiger partial charge in [0.1, 0.15) is 11.6 Å². The number of hydrogen-bond acceptors (Lipinski definition) is 5. The number of hydrazine groups is 1. The third-order valence-corrected chi connectivity index (χ3v) is 4.74. The van der Waals surface area contributed by atoms with E-state index >= 15 is 0 Å². The van der Waals surface area contributed by atoms with E-state index in [0.29, 0.717) is 17.2 Å². The number of rotatable bonds is 4. The van der Waals surface area contributed by atoms with E-state index in [9.17, 15) is 18.8 Å². The number of nitrogens with one attached hydrogen (secondary N) is 3. The number of halogens is 1. The van der Waals surface area contributed by atoms with Crippen LogP contribution in [0.3, 0.4) is 0 Å². The maximum atomic E-state index is 12.9. The minimum Gasteiger partial charge on any atom is -0.481 e. The monoisotopic (exact) mass is 389 g/mol. The summed E-state index contributed by atoms with van der Waals surface area (Å²) < 4.78 is 18.2. The molecule has 9 heteroatoms. The first-order valence-corrected chi connectivity index (χ1v) is 9.00. The molecule has 3 N–H and O–H groups in total. The summed E-state index contributed by atoms with van der Waals surface area (Å²) in [4.78, 5) is 36.6. The fourth-order valence-corrected chi connectivity index (χ4v) is 3.08. The van der Waals surface area contributed by atoms with Crippen LogP contribution in [0.2, 0.25) is 0 Å². The quantitative estimate of drug-likeness (QED) is 0.696. The highest BCUT2D eigenvalue weighted by Crippen LogP contribution is 2.31. The molecule has 2 aromatic carbocycles. The molecule has 3 amide bonds. The number of amides is 3. The zero-order valence-corrected chi connectivity index (χ0v) is 15.1. The van der Waals surface area contributed by atoms with Gasteiger partial charge in [0.25, 0.3) is 11.8 Å². The van der Waals surface area contributed by atoms with Gasteiger partial charge < -0.3 is 10.1 Å². The summed E-state index contributed by atoms with van der Waals surface area (Å²) in [5, 5.41) is 2.70. The second-order valence-electron chi connectivity index (χ2n) is 5.71. The maximum absolute atomic E-state index is 12.9. The number of benzene rings is 2. The van der Waals surface area contributed by atoms with Crippen LogP contribution in [-0.4, -0.2) is 29.6 Å². The van der Waals surface area contributed by atoms with Crippen molar-refractivity contribution in [2.24, 2.45) is 0 Å². The summed E-state index contributed by atoms with van der Waals surface area (Å²) in [7, 11) is 0. The van der Waals surface area contributed by atoms with Gasteiger partial charge in [0.15, 0.2) is 6.10 Å². The number of hydrogen-bond donors (Lipinski definition) is 3. The second kappa shape index (κ2) is 8.09. The van der Waals surface area contributed by atoms with Gasteiger partial charge in [-0.25, -0.2) is 4.39 Å². The molecule has 1 atom stereocenters. The van der Waals surface area contributed by atoms with E-state index in [1.165, 1.54) is 43.0 Å². The van der Waals surface area contributed by atoms with E-state index in [4.69, 9.17) is 4.74 Å². The van der Waals surface area contributed by atoms with Crippen molar-refractivity contribution in [3.63, 3.8) is 0 Å². The molecule has 7 nitrogen and oxygen atoms in total. The largest absolute Gasteiger partial charge is 0.481 e. The molecule has 0 aliphatic carbocycles. The van der Waals surface area contributed by atoms with Crippen LogP contribution in [0.5, 0.6) is 5.75 Å². The fraction of sp³-hybridized carbons (Fsp3) is 0.167. The van der Waals surface area contributed by atoms with Crippen molar-refractivity contribution < 1.29 is 23.5 Å². The van der Waals surface area contributed by atoms with Gasteiger partial charge in [-0.3, -0.25) is 25.2 Å². The lowest BCUT2D eigenvalue weighted by molar-refractivity contribution is -0.128. The zero-order valence-electron chi connectivity index (χ0n) is 14.2. The van der Waals surface area contributed by atoms with Crippen LogP contribution in [0.25, 0.3) is 0 Å². The molecular weight excluding hydrogens is 373 g/mol. The Bertz CT molecular complexity index is 889. The van der Waals surface area contributed by atoms with Crippen LogP contribution in [0.1, 0.15) is 17.3 Å². The first kappa shape index (κ1) is 18.7. The molecule has 1 aliphatic rings. The van der Waals surface area contributed by atoms with Gasteiger partial charge in [-0.1, -0.05) is 0 Å². The van der Waals surface area contributed by atoms with E-state index in [0.717, 1.165) is 4.90 Å². The Morgan fingerprint density at radius 1 is 1.19 bits per heavy atom. The number of carbonyl (C=O) groups is 3. The number of carbonyl (C=O) groups excluding carboxylic acids is 3. The van der Waals surface area contributed by atoms with Crippen molar-refractivity contribution in [2.45, 2.75) is 17.9 Å². The van der Waals surface area contributed by atoms with Crippen molar-refractivity contribution in [1.29, 1.82) is 0 Å². The molecule has 1 aliphatic heterocycles. The Morgan fingerprint density at radius 2 is 1.93 bits per heavy atom. The minimum absolute atomic E-state index is 0.134. The minimum atomic E-state index is -0.907. The summed E-state index contributed by atoms with van der Waals surface area (Å²) in [6.45, 7) is 1.50. The molecule has 0 saturated carbocycles. The summed E-state index contributed by atoms with van der Waals surface area (Å²) in [5.74, 6) is -0.996. The van der Waals surface area contributed by atoms with Crippen molar-refractivity contribution in [1.82, 2.24) is 10.9 Å². The summed E-state index contributed by atoms with van der Waals surface area (Å²) in [5.41, 5.74) is 5.41. The lowest BCUT2D eigenvalue weighted by Gasteiger charge is -2.17. The van der Waals surface area contributed by atoms with Crippen molar-refractivity contribution in [3.8, 4) is 5.75 Å². The molecule has 3 rings (SSSR count). The molecule has 0 saturated heterocycles. The Balaban J connectivity index is 1.55. The fourth-order valence-electron chi connectivity index (χ4n) is 2.29. The molecule has 27 heavy (non-hydrogen) atoms. The summed E-state index contributed by atoms with van der Waals surface area (Å²) in [6.07, 6.45) is -0.907. The van der Waals surface area contributed by atoms with Crippen LogP contribution in [0, 0.1) is 5.82 Å². The SMILES string of the molecule is C[C@@H](Oc1ccc(F)cc1)C(=O)NNC(=O)c1ccc2c(c1)NC(=O)CS2. The van der Waals surface area contributed by atoms with Crippen molar-refractivity contribution >= 4 is 35.2 Å². The Labute approximate surface area is 158 Å². The van der Waals surface area contributed by atoms with Gasteiger partial charge in [-0.15, -0.1) is 11.8 Å². The normalized spacial score (nSPS) is 13.8. The van der Waals surface area contributed by atoms with Crippen LogP contribution < -0.4 is 20.9 Å². The third kappa shape index (κ3) is 4.76. The van der Waals surface area contributed by atoms with Crippen LogP contribution in [-0.2, 0) is 9.59 Å². The zero-order chi connectivity index (χ0) is 19.4. The highest BCUT2D eigenvalue weighted by molar-refractivity contribution is 8.00. The van der Waals surface area contributed by atoms with Gasteiger partial charge >= 0.3 is 0 Å². The molecule has 0 bridgehead atoms. The lowest BCUT2D eigenvalue weighted by atomic mass is 10.2. The Morgan fingerprint density at radius 3 is 2.67 bits per heavy atom. The number of thioether (sulfide) groups is 1. The molecule has 0 fully saturated rings. The van der Waals surface area contributed by atoms with Crippen LogP contribution in [0.15, 0.2) is 47.4 Å².